The summed E-state index contributed by atoms with van der Waals surface area (Å²) in [6, 6.07) is 0. The minimum atomic E-state index is -0.921. The predicted octanol–water partition coefficient (Wildman–Crippen LogP) is -0.557. The van der Waals surface area contributed by atoms with E-state index in [1.807, 2.05) is 0 Å². The third-order valence-corrected chi connectivity index (χ3v) is 4.04. The molecule has 2 saturated heterocycles. The third-order valence-electron chi connectivity index (χ3n) is 4.04. The highest BCUT2D eigenvalue weighted by molar-refractivity contribution is 5.12. The molecule has 1 aromatic heterocycles. The second kappa shape index (κ2) is 6.65. The zero-order chi connectivity index (χ0) is 14.7. The molecule has 2 aliphatic heterocycles. The summed E-state index contributed by atoms with van der Waals surface area (Å²) in [5, 5.41) is 22.7. The van der Waals surface area contributed by atoms with Crippen LogP contribution in [0.5, 0.6) is 5.88 Å². The molecule has 0 radical (unpaired) electrons. The Balaban J connectivity index is 1.53. The Hall–Kier alpha value is -1.28. The maximum atomic E-state index is 9.81. The van der Waals surface area contributed by atoms with Crippen LogP contribution in [0.4, 0.5) is 0 Å². The van der Waals surface area contributed by atoms with Crippen LogP contribution in [0.25, 0.3) is 0 Å². The molecule has 0 bridgehead atoms. The van der Waals surface area contributed by atoms with Crippen LogP contribution in [0, 0.1) is 0 Å². The molecule has 4 atom stereocenters. The van der Waals surface area contributed by atoms with Crippen molar-refractivity contribution in [2.75, 3.05) is 26.3 Å². The lowest BCUT2D eigenvalue weighted by molar-refractivity contribution is -0.145. The van der Waals surface area contributed by atoms with Crippen LogP contribution >= 0.6 is 0 Å². The molecule has 3 rings (SSSR count). The summed E-state index contributed by atoms with van der Waals surface area (Å²) in [5.41, 5.74) is 0.969. The first kappa shape index (κ1) is 14.6. The average Bonchev–Trinajstić information content (AvgIpc) is 3.04. The molecule has 1 aromatic rings. The Bertz CT molecular complexity index is 450. The molecule has 4 unspecified atom stereocenters. The summed E-state index contributed by atoms with van der Waals surface area (Å²) in [6.45, 7) is 2.53. The van der Waals surface area contributed by atoms with Crippen LogP contribution < -0.4 is 10.1 Å². The smallest absolute Gasteiger partial charge is 0.232 e. The van der Waals surface area contributed by atoms with Gasteiger partial charge in [-0.25, -0.2) is 4.98 Å². The van der Waals surface area contributed by atoms with Crippen molar-refractivity contribution in [3.05, 3.63) is 18.1 Å². The fourth-order valence-corrected chi connectivity index (χ4v) is 2.69. The Morgan fingerprint density at radius 1 is 1.29 bits per heavy atom. The average molecular weight is 295 g/mol. The number of aromatic nitrogens is 2. The van der Waals surface area contributed by atoms with Gasteiger partial charge in [0.05, 0.1) is 24.2 Å². The lowest BCUT2D eigenvalue weighted by Gasteiger charge is -2.31. The van der Waals surface area contributed by atoms with E-state index < -0.39 is 18.3 Å². The second-order valence-electron chi connectivity index (χ2n) is 5.54. The molecule has 2 fully saturated rings. The minimum Gasteiger partial charge on any atom is -0.474 e. The van der Waals surface area contributed by atoms with Crippen molar-refractivity contribution < 1.29 is 19.7 Å². The largest absolute Gasteiger partial charge is 0.474 e. The zero-order valence-corrected chi connectivity index (χ0v) is 11.8. The van der Waals surface area contributed by atoms with Gasteiger partial charge in [0.2, 0.25) is 5.88 Å². The highest BCUT2D eigenvalue weighted by Crippen LogP contribution is 2.21. The van der Waals surface area contributed by atoms with Gasteiger partial charge in [0.15, 0.2) is 0 Å². The molecule has 0 amide bonds. The molecule has 21 heavy (non-hydrogen) atoms. The van der Waals surface area contributed by atoms with Gasteiger partial charge in [0.25, 0.3) is 0 Å². The predicted molar refractivity (Wildman–Crippen MR) is 74.1 cm³/mol. The summed E-state index contributed by atoms with van der Waals surface area (Å²) < 4.78 is 10.9. The number of nitrogens with zero attached hydrogens (tertiary/aromatic N) is 2. The number of ether oxygens (including phenoxy) is 2. The fourth-order valence-electron chi connectivity index (χ4n) is 2.69. The van der Waals surface area contributed by atoms with Crippen LogP contribution in [0.2, 0.25) is 0 Å². The van der Waals surface area contributed by atoms with E-state index in [2.05, 4.69) is 15.3 Å². The van der Waals surface area contributed by atoms with Crippen LogP contribution in [0.3, 0.4) is 0 Å². The van der Waals surface area contributed by atoms with E-state index in [0.29, 0.717) is 24.8 Å². The van der Waals surface area contributed by atoms with Gasteiger partial charge < -0.3 is 25.0 Å². The number of nitrogens with one attached hydrogen (secondary N) is 1. The van der Waals surface area contributed by atoms with E-state index in [9.17, 15) is 10.2 Å². The van der Waals surface area contributed by atoms with Gasteiger partial charge >= 0.3 is 0 Å². The van der Waals surface area contributed by atoms with Crippen LogP contribution in [-0.4, -0.2) is 64.8 Å². The van der Waals surface area contributed by atoms with Gasteiger partial charge in [-0.3, -0.25) is 4.98 Å². The Labute approximate surface area is 123 Å². The number of aliphatic hydroxyl groups excluding tert-OH is 2. The molecule has 3 heterocycles. The van der Waals surface area contributed by atoms with Gasteiger partial charge in [0.1, 0.15) is 18.8 Å². The van der Waals surface area contributed by atoms with Crippen LogP contribution in [-0.2, 0) is 4.74 Å². The molecule has 0 aromatic carbocycles. The van der Waals surface area contributed by atoms with Crippen molar-refractivity contribution in [1.29, 1.82) is 0 Å². The third kappa shape index (κ3) is 3.49. The Morgan fingerprint density at radius 2 is 2.19 bits per heavy atom. The summed E-state index contributed by atoms with van der Waals surface area (Å²) in [5.74, 6) is 0.825. The SMILES string of the molecule is OC1CCOC(COc2cnc(C3CCNC3)cn2)C1O. The topological polar surface area (TPSA) is 96.7 Å². The highest BCUT2D eigenvalue weighted by Gasteiger charge is 2.32. The summed E-state index contributed by atoms with van der Waals surface area (Å²) in [7, 11) is 0. The molecule has 116 valence electrons. The zero-order valence-electron chi connectivity index (χ0n) is 11.8. The van der Waals surface area contributed by atoms with E-state index >= 15 is 0 Å². The molecule has 3 N–H and O–H groups in total. The lowest BCUT2D eigenvalue weighted by Crippen LogP contribution is -2.47. The maximum absolute atomic E-state index is 9.81. The summed E-state index contributed by atoms with van der Waals surface area (Å²) in [4.78, 5) is 8.62. The Morgan fingerprint density at radius 3 is 2.90 bits per heavy atom. The van der Waals surface area contributed by atoms with Gasteiger partial charge in [-0.1, -0.05) is 0 Å². The van der Waals surface area contributed by atoms with E-state index in [4.69, 9.17) is 9.47 Å². The van der Waals surface area contributed by atoms with Crippen molar-refractivity contribution in [1.82, 2.24) is 15.3 Å². The van der Waals surface area contributed by atoms with Crippen molar-refractivity contribution in [2.45, 2.75) is 37.1 Å². The van der Waals surface area contributed by atoms with Crippen LogP contribution in [0.1, 0.15) is 24.5 Å². The second-order valence-corrected chi connectivity index (χ2v) is 5.54. The van der Waals surface area contributed by atoms with Gasteiger partial charge in [-0.2, -0.15) is 0 Å². The summed E-state index contributed by atoms with van der Waals surface area (Å²) in [6.07, 6.45) is 2.65. The van der Waals surface area contributed by atoms with Crippen molar-refractivity contribution in [3.8, 4) is 5.88 Å². The molecule has 0 saturated carbocycles. The maximum Gasteiger partial charge on any atom is 0.232 e. The molecule has 7 heteroatoms. The number of aliphatic hydroxyl groups is 2. The van der Waals surface area contributed by atoms with Crippen LogP contribution in [0.15, 0.2) is 12.4 Å². The fraction of sp³-hybridized carbons (Fsp3) is 0.714. The van der Waals surface area contributed by atoms with E-state index in [1.165, 1.54) is 0 Å². The van der Waals surface area contributed by atoms with E-state index in [0.717, 1.165) is 25.2 Å². The van der Waals surface area contributed by atoms with Crippen molar-refractivity contribution in [3.63, 3.8) is 0 Å². The molecule has 2 aliphatic rings. The highest BCUT2D eigenvalue weighted by atomic mass is 16.5. The molecule has 7 nitrogen and oxygen atoms in total. The number of rotatable bonds is 4. The molecular formula is C14H21N3O4. The summed E-state index contributed by atoms with van der Waals surface area (Å²) >= 11 is 0. The van der Waals surface area contributed by atoms with Gasteiger partial charge in [0, 0.05) is 19.1 Å². The quantitative estimate of drug-likeness (QED) is 0.685. The first-order chi connectivity index (χ1) is 10.2. The van der Waals surface area contributed by atoms with E-state index in [-0.39, 0.29) is 6.61 Å². The first-order valence-electron chi connectivity index (χ1n) is 7.37. The Kier molecular flexibility index (Phi) is 4.64. The normalized spacial score (nSPS) is 33.0. The van der Waals surface area contributed by atoms with Crippen molar-refractivity contribution >= 4 is 0 Å². The number of hydrogen-bond donors (Lipinski definition) is 3. The van der Waals surface area contributed by atoms with Gasteiger partial charge in [-0.15, -0.1) is 0 Å². The number of hydrogen-bond acceptors (Lipinski definition) is 7. The first-order valence-corrected chi connectivity index (χ1v) is 7.37. The monoisotopic (exact) mass is 295 g/mol. The molecule has 0 spiro atoms. The standard InChI is InChI=1S/C14H21N3O4/c18-11-2-4-20-12(14(11)19)8-21-13-7-16-10(6-17-13)9-1-3-15-5-9/h6-7,9,11-12,14-15,18-19H,1-5,8H2. The minimum absolute atomic E-state index is 0.150. The van der Waals surface area contributed by atoms with Crippen molar-refractivity contribution in [2.24, 2.45) is 0 Å². The molecule has 0 aliphatic carbocycles. The lowest BCUT2D eigenvalue weighted by atomic mass is 10.0. The van der Waals surface area contributed by atoms with E-state index in [1.54, 1.807) is 12.4 Å². The van der Waals surface area contributed by atoms with Gasteiger partial charge in [-0.05, 0) is 19.4 Å². The molecular weight excluding hydrogens is 274 g/mol.